The Kier molecular flexibility index (Phi) is 4.33. The van der Waals surface area contributed by atoms with Crippen LogP contribution in [-0.2, 0) is 9.53 Å². The Morgan fingerprint density at radius 2 is 2.29 bits per heavy atom. The van der Waals surface area contributed by atoms with Crippen LogP contribution in [0.1, 0.15) is 50.1 Å². The lowest BCUT2D eigenvalue weighted by atomic mass is 9.97. The Morgan fingerprint density at radius 1 is 1.52 bits per heavy atom. The Bertz CT molecular complexity index is 482. The molecule has 1 saturated heterocycles. The summed E-state index contributed by atoms with van der Waals surface area (Å²) in [5.74, 6) is 0.280. The van der Waals surface area contributed by atoms with Crippen LogP contribution >= 0.6 is 11.3 Å². The summed E-state index contributed by atoms with van der Waals surface area (Å²) in [5.41, 5.74) is -0.324. The molecule has 1 aliphatic heterocycles. The number of hydrogen-bond acceptors (Lipinski definition) is 4. The van der Waals surface area contributed by atoms with Gasteiger partial charge >= 0.3 is 0 Å². The monoisotopic (exact) mass is 308 g/mol. The molecule has 21 heavy (non-hydrogen) atoms. The van der Waals surface area contributed by atoms with Gasteiger partial charge in [-0.2, -0.15) is 0 Å². The van der Waals surface area contributed by atoms with Gasteiger partial charge in [-0.25, -0.2) is 0 Å². The van der Waals surface area contributed by atoms with Gasteiger partial charge < -0.3 is 9.64 Å². The second kappa shape index (κ2) is 6.07. The Labute approximate surface area is 130 Å². The minimum Gasteiger partial charge on any atom is -0.383 e. The molecule has 2 fully saturated rings. The summed E-state index contributed by atoms with van der Waals surface area (Å²) in [6.07, 6.45) is 5.14. The van der Waals surface area contributed by atoms with Crippen LogP contribution in [0.2, 0.25) is 0 Å². The maximum absolute atomic E-state index is 13.1. The lowest BCUT2D eigenvalue weighted by Crippen LogP contribution is -2.46. The summed E-state index contributed by atoms with van der Waals surface area (Å²) in [7, 11) is 1.71. The van der Waals surface area contributed by atoms with Gasteiger partial charge in [-0.05, 0) is 30.7 Å². The molecule has 1 aromatic heterocycles. The molecule has 0 radical (unpaired) electrons. The summed E-state index contributed by atoms with van der Waals surface area (Å²) in [4.78, 5) is 16.4. The smallest absolute Gasteiger partial charge is 0.244 e. The standard InChI is InChI=1S/C16H24N2O2S/c1-3-12(11-20-2)18-14(13-7-6-10-21-13)17-16(15(18)19)8-4-5-9-16/h6-7,10,12,14,17H,3-5,8-9,11H2,1-2H3. The van der Waals surface area contributed by atoms with Gasteiger partial charge in [-0.1, -0.05) is 25.8 Å². The zero-order chi connectivity index (χ0) is 14.9. The molecule has 1 aromatic rings. The minimum atomic E-state index is -0.324. The second-order valence-corrected chi connectivity index (χ2v) is 7.06. The number of ether oxygens (including phenoxy) is 1. The zero-order valence-corrected chi connectivity index (χ0v) is 13.6. The van der Waals surface area contributed by atoms with Crippen molar-refractivity contribution < 1.29 is 9.53 Å². The third-order valence-electron chi connectivity index (χ3n) is 4.83. The predicted molar refractivity (Wildman–Crippen MR) is 84.2 cm³/mol. The van der Waals surface area contributed by atoms with Crippen LogP contribution in [0.4, 0.5) is 0 Å². The van der Waals surface area contributed by atoms with Crippen molar-refractivity contribution in [1.82, 2.24) is 10.2 Å². The van der Waals surface area contributed by atoms with Gasteiger partial charge in [-0.3, -0.25) is 10.1 Å². The van der Waals surface area contributed by atoms with E-state index in [1.54, 1.807) is 18.4 Å². The molecule has 0 aromatic carbocycles. The lowest BCUT2D eigenvalue weighted by Gasteiger charge is -2.31. The average molecular weight is 308 g/mol. The van der Waals surface area contributed by atoms with E-state index in [9.17, 15) is 4.79 Å². The molecular weight excluding hydrogens is 284 g/mol. The normalized spacial score (nSPS) is 25.9. The van der Waals surface area contributed by atoms with Crippen molar-refractivity contribution in [2.75, 3.05) is 13.7 Å². The zero-order valence-electron chi connectivity index (χ0n) is 12.8. The molecule has 1 saturated carbocycles. The third-order valence-corrected chi connectivity index (χ3v) is 5.75. The highest BCUT2D eigenvalue weighted by Gasteiger charge is 2.54. The molecule has 1 amide bonds. The van der Waals surface area contributed by atoms with Crippen molar-refractivity contribution in [3.8, 4) is 0 Å². The van der Waals surface area contributed by atoms with Crippen LogP contribution in [0.5, 0.6) is 0 Å². The van der Waals surface area contributed by atoms with Crippen LogP contribution in [0.25, 0.3) is 0 Å². The van der Waals surface area contributed by atoms with Crippen LogP contribution in [-0.4, -0.2) is 36.1 Å². The number of carbonyl (C=O) groups is 1. The van der Waals surface area contributed by atoms with E-state index in [1.165, 1.54) is 4.88 Å². The highest BCUT2D eigenvalue weighted by Crippen LogP contribution is 2.43. The van der Waals surface area contributed by atoms with Crippen molar-refractivity contribution in [1.29, 1.82) is 0 Å². The van der Waals surface area contributed by atoms with Crippen LogP contribution < -0.4 is 5.32 Å². The van der Waals surface area contributed by atoms with Gasteiger partial charge in [0.2, 0.25) is 5.91 Å². The Balaban J connectivity index is 1.94. The molecule has 3 rings (SSSR count). The SMILES string of the molecule is CCC(COC)N1C(=O)C2(CCCC2)NC1c1cccs1. The molecule has 2 aliphatic rings. The van der Waals surface area contributed by atoms with Crippen molar-refractivity contribution in [2.24, 2.45) is 0 Å². The van der Waals surface area contributed by atoms with E-state index >= 15 is 0 Å². The van der Waals surface area contributed by atoms with E-state index in [1.807, 2.05) is 0 Å². The van der Waals surface area contributed by atoms with Gasteiger partial charge in [-0.15, -0.1) is 11.3 Å². The number of carbonyl (C=O) groups excluding carboxylic acids is 1. The highest BCUT2D eigenvalue weighted by atomic mass is 32.1. The first-order valence-corrected chi connectivity index (χ1v) is 8.72. The van der Waals surface area contributed by atoms with Crippen LogP contribution in [0.3, 0.4) is 0 Å². The van der Waals surface area contributed by atoms with E-state index in [0.29, 0.717) is 6.61 Å². The van der Waals surface area contributed by atoms with Gasteiger partial charge in [0.25, 0.3) is 0 Å². The molecule has 2 heterocycles. The van der Waals surface area contributed by atoms with Crippen LogP contribution in [0.15, 0.2) is 17.5 Å². The molecule has 5 heteroatoms. The highest BCUT2D eigenvalue weighted by molar-refractivity contribution is 7.10. The van der Waals surface area contributed by atoms with Gasteiger partial charge in [0.05, 0.1) is 18.2 Å². The number of hydrogen-bond donors (Lipinski definition) is 1. The molecular formula is C16H24N2O2S. The van der Waals surface area contributed by atoms with E-state index in [2.05, 4.69) is 34.7 Å². The molecule has 2 unspecified atom stereocenters. The molecule has 0 bridgehead atoms. The number of methoxy groups -OCH3 is 1. The topological polar surface area (TPSA) is 41.6 Å². The maximum Gasteiger partial charge on any atom is 0.244 e. The third kappa shape index (κ3) is 2.51. The van der Waals surface area contributed by atoms with Crippen molar-refractivity contribution in [3.05, 3.63) is 22.4 Å². The summed E-state index contributed by atoms with van der Waals surface area (Å²) < 4.78 is 5.35. The van der Waals surface area contributed by atoms with Crippen molar-refractivity contribution in [2.45, 2.75) is 56.8 Å². The Morgan fingerprint density at radius 3 is 2.86 bits per heavy atom. The number of amides is 1. The fourth-order valence-electron chi connectivity index (χ4n) is 3.71. The summed E-state index contributed by atoms with van der Waals surface area (Å²) in [6.45, 7) is 2.73. The van der Waals surface area contributed by atoms with Crippen molar-refractivity contribution in [3.63, 3.8) is 0 Å². The van der Waals surface area contributed by atoms with E-state index in [4.69, 9.17) is 4.74 Å². The molecule has 1 aliphatic carbocycles. The number of nitrogens with one attached hydrogen (secondary N) is 1. The molecule has 116 valence electrons. The molecule has 4 nitrogen and oxygen atoms in total. The number of rotatable bonds is 5. The first-order valence-electron chi connectivity index (χ1n) is 7.84. The second-order valence-electron chi connectivity index (χ2n) is 6.08. The average Bonchev–Trinajstić information content (AvgIpc) is 3.21. The van der Waals surface area contributed by atoms with Gasteiger partial charge in [0, 0.05) is 12.0 Å². The fraction of sp³-hybridized carbons (Fsp3) is 0.688. The quantitative estimate of drug-likeness (QED) is 0.909. The van der Waals surface area contributed by atoms with Gasteiger partial charge in [0.15, 0.2) is 0 Å². The molecule has 2 atom stereocenters. The summed E-state index contributed by atoms with van der Waals surface area (Å²) in [6, 6.07) is 4.32. The largest absolute Gasteiger partial charge is 0.383 e. The Hall–Kier alpha value is -0.910. The van der Waals surface area contributed by atoms with E-state index in [0.717, 1.165) is 32.1 Å². The first kappa shape index (κ1) is 15.0. The lowest BCUT2D eigenvalue weighted by molar-refractivity contribution is -0.136. The predicted octanol–water partition coefficient (Wildman–Crippen LogP) is 2.92. The summed E-state index contributed by atoms with van der Waals surface area (Å²) in [5, 5.41) is 5.75. The molecule has 1 spiro atoms. The minimum absolute atomic E-state index is 0.00991. The van der Waals surface area contributed by atoms with Gasteiger partial charge in [0.1, 0.15) is 6.17 Å². The number of nitrogens with zero attached hydrogens (tertiary/aromatic N) is 1. The fourth-order valence-corrected chi connectivity index (χ4v) is 4.49. The summed E-state index contributed by atoms with van der Waals surface area (Å²) >= 11 is 1.72. The van der Waals surface area contributed by atoms with Crippen molar-refractivity contribution >= 4 is 17.2 Å². The first-order chi connectivity index (χ1) is 10.2. The van der Waals surface area contributed by atoms with E-state index < -0.39 is 0 Å². The molecule has 1 N–H and O–H groups in total. The number of thiophene rings is 1. The maximum atomic E-state index is 13.1. The van der Waals surface area contributed by atoms with E-state index in [-0.39, 0.29) is 23.7 Å². The van der Waals surface area contributed by atoms with Crippen LogP contribution in [0, 0.1) is 0 Å².